The molecule has 0 saturated heterocycles. The zero-order valence-electron chi connectivity index (χ0n) is 12.4. The van der Waals surface area contributed by atoms with Gasteiger partial charge in [0.25, 0.3) is 5.91 Å². The number of nitrogens with one attached hydrogen (secondary N) is 1. The van der Waals surface area contributed by atoms with Gasteiger partial charge in [-0.1, -0.05) is 13.8 Å². The summed E-state index contributed by atoms with van der Waals surface area (Å²) < 4.78 is 0. The van der Waals surface area contributed by atoms with Gasteiger partial charge in [0.15, 0.2) is 5.75 Å². The van der Waals surface area contributed by atoms with E-state index in [1.807, 2.05) is 20.8 Å². The molecule has 0 aromatic heterocycles. The summed E-state index contributed by atoms with van der Waals surface area (Å²) in [6.07, 6.45) is 0.703. The van der Waals surface area contributed by atoms with Crippen LogP contribution in [-0.4, -0.2) is 28.0 Å². The van der Waals surface area contributed by atoms with Crippen molar-refractivity contribution in [3.63, 3.8) is 0 Å². The van der Waals surface area contributed by atoms with Crippen molar-refractivity contribution in [3.8, 4) is 5.75 Å². The van der Waals surface area contributed by atoms with Crippen LogP contribution in [-0.2, 0) is 0 Å². The largest absolute Gasteiger partial charge is 0.502 e. The van der Waals surface area contributed by atoms with Gasteiger partial charge in [-0.15, -0.1) is 0 Å². The fourth-order valence-electron chi connectivity index (χ4n) is 2.25. The van der Waals surface area contributed by atoms with E-state index >= 15 is 0 Å². The number of nitrogens with zero attached hydrogens (tertiary/aromatic N) is 1. The summed E-state index contributed by atoms with van der Waals surface area (Å²) in [5.41, 5.74) is 4.87. The van der Waals surface area contributed by atoms with Crippen LogP contribution in [0.4, 0.5) is 5.69 Å². The first-order valence-corrected chi connectivity index (χ1v) is 6.68. The number of carbonyl (C=O) groups is 1. The zero-order valence-corrected chi connectivity index (χ0v) is 12.4. The van der Waals surface area contributed by atoms with E-state index in [1.165, 1.54) is 6.07 Å². The zero-order chi connectivity index (χ0) is 16.2. The normalized spacial score (nSPS) is 13.8. The van der Waals surface area contributed by atoms with Crippen molar-refractivity contribution < 1.29 is 14.8 Å². The number of hydrogen-bond donors (Lipinski definition) is 3. The average Bonchev–Trinajstić information content (AvgIpc) is 2.37. The fraction of sp³-hybridized carbons (Fsp3) is 0.500. The van der Waals surface area contributed by atoms with Crippen LogP contribution in [0, 0.1) is 16.0 Å². The Labute approximate surface area is 123 Å². The predicted molar refractivity (Wildman–Crippen MR) is 79.1 cm³/mol. The SMILES string of the molecule is CC(C)CC(C)(CN)NC(=O)c1ccc([N+](=O)[O-])c(O)c1. The monoisotopic (exact) mass is 295 g/mol. The lowest BCUT2D eigenvalue weighted by Gasteiger charge is -2.31. The van der Waals surface area contributed by atoms with Gasteiger partial charge in [-0.2, -0.15) is 0 Å². The highest BCUT2D eigenvalue weighted by molar-refractivity contribution is 5.95. The standard InChI is InChI=1S/C14H21N3O4/c1-9(2)7-14(3,8-15)16-13(19)10-4-5-11(17(20)21)12(18)6-10/h4-6,9,18H,7-8,15H2,1-3H3,(H,16,19). The molecule has 0 aliphatic heterocycles. The number of aromatic hydroxyl groups is 1. The Morgan fingerprint density at radius 3 is 2.57 bits per heavy atom. The highest BCUT2D eigenvalue weighted by Crippen LogP contribution is 2.26. The number of hydrogen-bond acceptors (Lipinski definition) is 5. The summed E-state index contributed by atoms with van der Waals surface area (Å²) in [7, 11) is 0. The van der Waals surface area contributed by atoms with E-state index in [2.05, 4.69) is 5.32 Å². The topological polar surface area (TPSA) is 118 Å². The number of nitrogens with two attached hydrogens (primary N) is 1. The van der Waals surface area contributed by atoms with Gasteiger partial charge in [-0.05, 0) is 31.4 Å². The minimum atomic E-state index is -0.709. The third-order valence-electron chi connectivity index (χ3n) is 3.16. The van der Waals surface area contributed by atoms with Crippen molar-refractivity contribution in [1.82, 2.24) is 5.32 Å². The van der Waals surface area contributed by atoms with Gasteiger partial charge in [-0.25, -0.2) is 0 Å². The Kier molecular flexibility index (Phi) is 5.26. The molecule has 0 radical (unpaired) electrons. The van der Waals surface area contributed by atoms with Crippen LogP contribution in [0.3, 0.4) is 0 Å². The van der Waals surface area contributed by atoms with Crippen molar-refractivity contribution in [2.45, 2.75) is 32.7 Å². The average molecular weight is 295 g/mol. The smallest absolute Gasteiger partial charge is 0.310 e. The summed E-state index contributed by atoms with van der Waals surface area (Å²) in [4.78, 5) is 22.1. The molecule has 7 nitrogen and oxygen atoms in total. The number of nitro benzene ring substituents is 1. The van der Waals surface area contributed by atoms with Crippen LogP contribution in [0.2, 0.25) is 0 Å². The van der Waals surface area contributed by atoms with Crippen molar-refractivity contribution in [3.05, 3.63) is 33.9 Å². The minimum Gasteiger partial charge on any atom is -0.502 e. The van der Waals surface area contributed by atoms with Gasteiger partial charge in [0.05, 0.1) is 4.92 Å². The van der Waals surface area contributed by atoms with Crippen LogP contribution in [0.5, 0.6) is 5.75 Å². The molecule has 1 aromatic carbocycles. The first kappa shape index (κ1) is 16.9. The molecular formula is C14H21N3O4. The molecule has 0 fully saturated rings. The summed E-state index contributed by atoms with van der Waals surface area (Å²) in [5.74, 6) is -0.608. The second-order valence-corrected chi connectivity index (χ2v) is 5.78. The molecule has 0 saturated carbocycles. The molecule has 0 spiro atoms. The van der Waals surface area contributed by atoms with Crippen molar-refractivity contribution >= 4 is 11.6 Å². The van der Waals surface area contributed by atoms with Crippen LogP contribution in [0.15, 0.2) is 18.2 Å². The summed E-state index contributed by atoms with van der Waals surface area (Å²) in [6.45, 7) is 6.17. The van der Waals surface area contributed by atoms with Crippen molar-refractivity contribution in [1.29, 1.82) is 0 Å². The first-order valence-electron chi connectivity index (χ1n) is 6.68. The Hall–Kier alpha value is -2.15. The summed E-state index contributed by atoms with van der Waals surface area (Å²) >= 11 is 0. The van der Waals surface area contributed by atoms with Crippen LogP contribution in [0.25, 0.3) is 0 Å². The lowest BCUT2D eigenvalue weighted by atomic mass is 9.90. The Bertz CT molecular complexity index is 545. The maximum Gasteiger partial charge on any atom is 0.310 e. The van der Waals surface area contributed by atoms with E-state index in [9.17, 15) is 20.0 Å². The van der Waals surface area contributed by atoms with Gasteiger partial charge in [-0.3, -0.25) is 14.9 Å². The van der Waals surface area contributed by atoms with Crippen molar-refractivity contribution in [2.24, 2.45) is 11.7 Å². The molecule has 1 unspecified atom stereocenters. The number of carbonyl (C=O) groups excluding carboxylic acids is 1. The fourth-order valence-corrected chi connectivity index (χ4v) is 2.25. The molecule has 1 aromatic rings. The van der Waals surface area contributed by atoms with Gasteiger partial charge in [0.1, 0.15) is 0 Å². The lowest BCUT2D eigenvalue weighted by Crippen LogP contribution is -2.52. The Morgan fingerprint density at radius 2 is 2.14 bits per heavy atom. The number of rotatable bonds is 6. The molecule has 21 heavy (non-hydrogen) atoms. The molecule has 1 atom stereocenters. The summed E-state index contributed by atoms with van der Waals surface area (Å²) in [6, 6.07) is 3.49. The van der Waals surface area contributed by atoms with E-state index in [-0.39, 0.29) is 12.1 Å². The molecule has 0 aliphatic carbocycles. The second-order valence-electron chi connectivity index (χ2n) is 5.78. The Morgan fingerprint density at radius 1 is 1.52 bits per heavy atom. The van der Waals surface area contributed by atoms with Gasteiger partial charge in [0.2, 0.25) is 0 Å². The van der Waals surface area contributed by atoms with E-state index in [0.29, 0.717) is 12.3 Å². The third-order valence-corrected chi connectivity index (χ3v) is 3.16. The molecule has 0 bridgehead atoms. The number of amides is 1. The van der Waals surface area contributed by atoms with Crippen molar-refractivity contribution in [2.75, 3.05) is 6.54 Å². The molecular weight excluding hydrogens is 274 g/mol. The first-order chi connectivity index (χ1) is 9.68. The predicted octanol–water partition coefficient (Wildman–Crippen LogP) is 1.79. The van der Waals surface area contributed by atoms with Gasteiger partial charge in [0, 0.05) is 23.7 Å². The van der Waals surface area contributed by atoms with Crippen LogP contribution >= 0.6 is 0 Å². The molecule has 1 amide bonds. The molecule has 0 heterocycles. The number of benzene rings is 1. The summed E-state index contributed by atoms with van der Waals surface area (Å²) in [5, 5.41) is 23.0. The van der Waals surface area contributed by atoms with E-state index in [4.69, 9.17) is 5.73 Å². The van der Waals surface area contributed by atoms with E-state index < -0.39 is 27.8 Å². The number of phenolic OH excluding ortho intramolecular Hbond substituents is 1. The highest BCUT2D eigenvalue weighted by atomic mass is 16.6. The van der Waals surface area contributed by atoms with Crippen LogP contribution < -0.4 is 11.1 Å². The van der Waals surface area contributed by atoms with Crippen LogP contribution in [0.1, 0.15) is 37.6 Å². The minimum absolute atomic E-state index is 0.154. The Balaban J connectivity index is 2.93. The highest BCUT2D eigenvalue weighted by Gasteiger charge is 2.27. The van der Waals surface area contributed by atoms with Gasteiger partial charge < -0.3 is 16.2 Å². The number of nitro groups is 1. The maximum atomic E-state index is 12.2. The maximum absolute atomic E-state index is 12.2. The van der Waals surface area contributed by atoms with E-state index in [1.54, 1.807) is 0 Å². The molecule has 4 N–H and O–H groups in total. The second kappa shape index (κ2) is 6.53. The van der Waals surface area contributed by atoms with Gasteiger partial charge >= 0.3 is 5.69 Å². The number of phenols is 1. The molecule has 7 heteroatoms. The molecule has 116 valence electrons. The third kappa shape index (κ3) is 4.42. The quantitative estimate of drug-likeness (QED) is 0.546. The lowest BCUT2D eigenvalue weighted by molar-refractivity contribution is -0.385. The van der Waals surface area contributed by atoms with E-state index in [0.717, 1.165) is 12.1 Å². The molecule has 1 rings (SSSR count). The molecule has 0 aliphatic rings.